The van der Waals surface area contributed by atoms with E-state index in [4.69, 9.17) is 0 Å². The van der Waals surface area contributed by atoms with Crippen molar-refractivity contribution in [3.8, 4) is 0 Å². The zero-order chi connectivity index (χ0) is 27.2. The quantitative estimate of drug-likeness (QED) is 0.458. The Hall–Kier alpha value is -3.24. The molecule has 1 saturated heterocycles. The first kappa shape index (κ1) is 28.3. The van der Waals surface area contributed by atoms with E-state index in [9.17, 15) is 22.8 Å². The lowest BCUT2D eigenvalue weighted by Crippen LogP contribution is -2.33. The van der Waals surface area contributed by atoms with E-state index in [2.05, 4.69) is 10.6 Å². The molecular formula is C27H36N4O5S. The second kappa shape index (κ2) is 12.3. The molecule has 3 rings (SSSR count). The number of rotatable bonds is 11. The molecule has 0 aliphatic carbocycles. The fourth-order valence-corrected chi connectivity index (χ4v) is 5.89. The Balaban J connectivity index is 1.59. The summed E-state index contributed by atoms with van der Waals surface area (Å²) in [6, 6.07) is 12.6. The van der Waals surface area contributed by atoms with E-state index in [0.717, 1.165) is 12.8 Å². The highest BCUT2D eigenvalue weighted by atomic mass is 32.2. The van der Waals surface area contributed by atoms with Crippen LogP contribution in [-0.2, 0) is 19.6 Å². The van der Waals surface area contributed by atoms with Gasteiger partial charge in [0.1, 0.15) is 0 Å². The van der Waals surface area contributed by atoms with Gasteiger partial charge in [0.2, 0.25) is 21.8 Å². The van der Waals surface area contributed by atoms with Crippen LogP contribution < -0.4 is 10.6 Å². The van der Waals surface area contributed by atoms with Crippen molar-refractivity contribution < 1.29 is 22.8 Å². The monoisotopic (exact) mass is 528 g/mol. The maximum atomic E-state index is 12.9. The van der Waals surface area contributed by atoms with Crippen molar-refractivity contribution in [1.29, 1.82) is 0 Å². The van der Waals surface area contributed by atoms with Crippen LogP contribution in [0.1, 0.15) is 57.3 Å². The number of amides is 3. The number of likely N-dealkylation sites (tertiary alicyclic amines) is 1. The van der Waals surface area contributed by atoms with Gasteiger partial charge in [-0.25, -0.2) is 8.42 Å². The summed E-state index contributed by atoms with van der Waals surface area (Å²) in [4.78, 5) is 39.2. The highest BCUT2D eigenvalue weighted by Crippen LogP contribution is 2.23. The molecular weight excluding hydrogens is 492 g/mol. The third kappa shape index (κ3) is 6.95. The molecule has 0 saturated carbocycles. The minimum atomic E-state index is -3.59. The number of benzene rings is 2. The molecule has 2 aromatic carbocycles. The van der Waals surface area contributed by atoms with Crippen LogP contribution in [0.5, 0.6) is 0 Å². The number of nitrogens with one attached hydrogen (secondary N) is 2. The van der Waals surface area contributed by atoms with Crippen LogP contribution in [0.15, 0.2) is 53.4 Å². The van der Waals surface area contributed by atoms with E-state index in [1.54, 1.807) is 41.3 Å². The first-order chi connectivity index (χ1) is 17.6. The fourth-order valence-electron chi connectivity index (χ4n) is 4.27. The zero-order valence-corrected chi connectivity index (χ0v) is 22.7. The average Bonchev–Trinajstić information content (AvgIpc) is 3.27. The van der Waals surface area contributed by atoms with E-state index in [1.165, 1.54) is 16.4 Å². The van der Waals surface area contributed by atoms with Gasteiger partial charge in [-0.05, 0) is 75.2 Å². The molecule has 1 aliphatic heterocycles. The van der Waals surface area contributed by atoms with Crippen molar-refractivity contribution in [2.45, 2.75) is 57.9 Å². The van der Waals surface area contributed by atoms with Crippen LogP contribution in [-0.4, -0.2) is 61.0 Å². The molecule has 2 N–H and O–H groups in total. The van der Waals surface area contributed by atoms with E-state index >= 15 is 0 Å². The van der Waals surface area contributed by atoms with Gasteiger partial charge in [-0.15, -0.1) is 0 Å². The standard InChI is InChI=1S/C27H36N4O5S/c1-5-15-30(16-6-2)37(35,36)24-13-11-23(12-14-24)28-26(33)20-7-9-22(10-8-20)29-27(34)21-17-25(32)31(18-21)19(3)4/h7-14,19,21H,5-6,15-18H2,1-4H3,(H,28,33)(H,29,34). The SMILES string of the molecule is CCCN(CCC)S(=O)(=O)c1ccc(NC(=O)c2ccc(NC(=O)C3CC(=O)N(C(C)C)C3)cc2)cc1. The molecule has 10 heteroatoms. The predicted molar refractivity (Wildman–Crippen MR) is 144 cm³/mol. The topological polar surface area (TPSA) is 116 Å². The molecule has 9 nitrogen and oxygen atoms in total. The number of carbonyl (C=O) groups excluding carboxylic acids is 3. The van der Waals surface area contributed by atoms with Gasteiger partial charge in [0.15, 0.2) is 0 Å². The first-order valence-electron chi connectivity index (χ1n) is 12.7. The highest BCUT2D eigenvalue weighted by molar-refractivity contribution is 7.89. The average molecular weight is 529 g/mol. The molecule has 1 atom stereocenters. The number of sulfonamides is 1. The number of carbonyl (C=O) groups is 3. The summed E-state index contributed by atoms with van der Waals surface area (Å²) >= 11 is 0. The normalized spacial score (nSPS) is 15.9. The largest absolute Gasteiger partial charge is 0.339 e. The molecule has 2 aromatic rings. The van der Waals surface area contributed by atoms with Crippen molar-refractivity contribution in [3.05, 3.63) is 54.1 Å². The second-order valence-electron chi connectivity index (χ2n) is 9.49. The van der Waals surface area contributed by atoms with Gasteiger partial charge in [0.25, 0.3) is 5.91 Å². The molecule has 0 spiro atoms. The summed E-state index contributed by atoms with van der Waals surface area (Å²) in [5, 5.41) is 5.58. The smallest absolute Gasteiger partial charge is 0.255 e. The lowest BCUT2D eigenvalue weighted by molar-refractivity contribution is -0.129. The van der Waals surface area contributed by atoms with Gasteiger partial charge in [0.05, 0.1) is 10.8 Å². The summed E-state index contributed by atoms with van der Waals surface area (Å²) in [7, 11) is -3.59. The number of hydrogen-bond donors (Lipinski definition) is 2. The molecule has 37 heavy (non-hydrogen) atoms. The molecule has 1 heterocycles. The van der Waals surface area contributed by atoms with Gasteiger partial charge < -0.3 is 15.5 Å². The maximum Gasteiger partial charge on any atom is 0.255 e. The molecule has 1 fully saturated rings. The van der Waals surface area contributed by atoms with Crippen molar-refractivity contribution >= 4 is 39.1 Å². The highest BCUT2D eigenvalue weighted by Gasteiger charge is 2.35. The number of anilines is 2. The Labute approximate surface area is 219 Å². The van der Waals surface area contributed by atoms with E-state index in [0.29, 0.717) is 36.6 Å². The van der Waals surface area contributed by atoms with Crippen LogP contribution in [0.3, 0.4) is 0 Å². The van der Waals surface area contributed by atoms with E-state index in [-0.39, 0.29) is 35.1 Å². The predicted octanol–water partition coefficient (Wildman–Crippen LogP) is 3.95. The Morgan fingerprint density at radius 3 is 2.00 bits per heavy atom. The summed E-state index contributed by atoms with van der Waals surface area (Å²) in [5.74, 6) is -1.01. The Kier molecular flexibility index (Phi) is 9.45. The fraction of sp³-hybridized carbons (Fsp3) is 0.444. The lowest BCUT2D eigenvalue weighted by atomic mass is 10.1. The van der Waals surface area contributed by atoms with Crippen LogP contribution in [0, 0.1) is 5.92 Å². The van der Waals surface area contributed by atoms with Crippen LogP contribution in [0.2, 0.25) is 0 Å². The molecule has 200 valence electrons. The minimum Gasteiger partial charge on any atom is -0.339 e. The van der Waals surface area contributed by atoms with Crippen LogP contribution >= 0.6 is 0 Å². The van der Waals surface area contributed by atoms with Crippen molar-refractivity contribution in [2.75, 3.05) is 30.3 Å². The molecule has 1 aliphatic rings. The Bertz CT molecular complexity index is 1200. The number of nitrogens with zero attached hydrogens (tertiary/aromatic N) is 2. The van der Waals surface area contributed by atoms with Crippen molar-refractivity contribution in [1.82, 2.24) is 9.21 Å². The Morgan fingerprint density at radius 2 is 1.49 bits per heavy atom. The second-order valence-corrected chi connectivity index (χ2v) is 11.4. The minimum absolute atomic E-state index is 0.0213. The third-order valence-corrected chi connectivity index (χ3v) is 8.18. The zero-order valence-electron chi connectivity index (χ0n) is 21.9. The van der Waals surface area contributed by atoms with Gasteiger partial charge in [0, 0.05) is 49.0 Å². The maximum absolute atomic E-state index is 12.9. The van der Waals surface area contributed by atoms with Gasteiger partial charge >= 0.3 is 0 Å². The van der Waals surface area contributed by atoms with Crippen LogP contribution in [0.4, 0.5) is 11.4 Å². The van der Waals surface area contributed by atoms with E-state index in [1.807, 2.05) is 27.7 Å². The van der Waals surface area contributed by atoms with Crippen molar-refractivity contribution in [2.24, 2.45) is 5.92 Å². The van der Waals surface area contributed by atoms with Gasteiger partial charge in [-0.2, -0.15) is 4.31 Å². The molecule has 0 radical (unpaired) electrons. The summed E-state index contributed by atoms with van der Waals surface area (Å²) in [6.45, 7) is 9.04. The summed E-state index contributed by atoms with van der Waals surface area (Å²) in [6.07, 6.45) is 1.65. The van der Waals surface area contributed by atoms with E-state index < -0.39 is 15.9 Å². The third-order valence-electron chi connectivity index (χ3n) is 6.26. The molecule has 0 aromatic heterocycles. The molecule has 3 amide bonds. The first-order valence-corrected chi connectivity index (χ1v) is 14.1. The summed E-state index contributed by atoms with van der Waals surface area (Å²) < 4.78 is 27.3. The molecule has 0 bridgehead atoms. The Morgan fingerprint density at radius 1 is 0.946 bits per heavy atom. The van der Waals surface area contributed by atoms with Gasteiger partial charge in [-0.1, -0.05) is 13.8 Å². The van der Waals surface area contributed by atoms with Crippen LogP contribution in [0.25, 0.3) is 0 Å². The van der Waals surface area contributed by atoms with Gasteiger partial charge in [-0.3, -0.25) is 14.4 Å². The lowest BCUT2D eigenvalue weighted by Gasteiger charge is -2.21. The number of hydrogen-bond acceptors (Lipinski definition) is 5. The molecule has 1 unspecified atom stereocenters. The summed E-state index contributed by atoms with van der Waals surface area (Å²) in [5.41, 5.74) is 1.39. The van der Waals surface area contributed by atoms with Crippen molar-refractivity contribution in [3.63, 3.8) is 0 Å².